The van der Waals surface area contributed by atoms with Crippen LogP contribution in [-0.4, -0.2) is 17.5 Å². The Morgan fingerprint density at radius 2 is 1.80 bits per heavy atom. The summed E-state index contributed by atoms with van der Waals surface area (Å²) in [7, 11) is 0. The third kappa shape index (κ3) is 5.10. The molecule has 0 aromatic heterocycles. The van der Waals surface area contributed by atoms with Gasteiger partial charge in [-0.25, -0.2) is 4.39 Å². The Hall–Kier alpha value is -2.18. The van der Waals surface area contributed by atoms with E-state index < -0.39 is 5.41 Å². The zero-order valence-electron chi connectivity index (χ0n) is 18.5. The van der Waals surface area contributed by atoms with Crippen molar-refractivity contribution in [1.82, 2.24) is 4.90 Å². The van der Waals surface area contributed by atoms with Gasteiger partial charge in [0.15, 0.2) is 0 Å². The fraction of sp³-hybridized carbons (Fsp3) is 0.519. The van der Waals surface area contributed by atoms with Crippen molar-refractivity contribution in [2.24, 2.45) is 5.92 Å². The molecule has 0 radical (unpaired) electrons. The number of hydrogen-bond acceptors (Lipinski definition) is 2. The summed E-state index contributed by atoms with van der Waals surface area (Å²) in [5.41, 5.74) is 1.84. The van der Waals surface area contributed by atoms with E-state index in [0.29, 0.717) is 12.0 Å². The third-order valence-electron chi connectivity index (χ3n) is 6.96. The average molecular weight is 407 g/mol. The lowest BCUT2D eigenvalue weighted by molar-refractivity contribution is 0.141. The predicted molar refractivity (Wildman–Crippen MR) is 121 cm³/mol. The Balaban J connectivity index is 1.79. The van der Waals surface area contributed by atoms with Crippen LogP contribution in [0.5, 0.6) is 0 Å². The van der Waals surface area contributed by atoms with Crippen LogP contribution >= 0.6 is 0 Å². The molecule has 0 N–H and O–H groups in total. The van der Waals surface area contributed by atoms with E-state index in [9.17, 15) is 9.65 Å². The van der Waals surface area contributed by atoms with Crippen LogP contribution in [0.4, 0.5) is 4.39 Å². The Morgan fingerprint density at radius 1 is 1.10 bits per heavy atom. The van der Waals surface area contributed by atoms with Gasteiger partial charge in [0.1, 0.15) is 5.82 Å². The fourth-order valence-electron chi connectivity index (χ4n) is 4.98. The van der Waals surface area contributed by atoms with Gasteiger partial charge in [0, 0.05) is 12.6 Å². The second-order valence-electron chi connectivity index (χ2n) is 8.77. The average Bonchev–Trinajstić information content (AvgIpc) is 2.73. The minimum Gasteiger partial charge on any atom is -0.296 e. The first-order valence-corrected chi connectivity index (χ1v) is 11.6. The van der Waals surface area contributed by atoms with Crippen LogP contribution < -0.4 is 0 Å². The van der Waals surface area contributed by atoms with Crippen molar-refractivity contribution < 1.29 is 4.39 Å². The largest absolute Gasteiger partial charge is 0.296 e. The Labute approximate surface area is 181 Å². The van der Waals surface area contributed by atoms with Crippen molar-refractivity contribution in [3.8, 4) is 6.07 Å². The van der Waals surface area contributed by atoms with Gasteiger partial charge in [-0.3, -0.25) is 4.90 Å². The lowest BCUT2D eigenvalue weighted by Gasteiger charge is -2.42. The minimum atomic E-state index is -0.496. The number of nitriles is 1. The van der Waals surface area contributed by atoms with Crippen LogP contribution in [0.2, 0.25) is 0 Å². The molecule has 1 fully saturated rings. The lowest BCUT2D eigenvalue weighted by Crippen LogP contribution is -2.41. The second-order valence-corrected chi connectivity index (χ2v) is 8.77. The first-order chi connectivity index (χ1) is 14.6. The summed E-state index contributed by atoms with van der Waals surface area (Å²) in [6.07, 6.45) is 7.42. The molecule has 0 amide bonds. The summed E-state index contributed by atoms with van der Waals surface area (Å²) in [6.45, 7) is 6.50. The van der Waals surface area contributed by atoms with E-state index in [0.717, 1.165) is 57.2 Å². The fourth-order valence-corrected chi connectivity index (χ4v) is 4.98. The number of rotatable bonds is 11. The molecule has 2 aromatic carbocycles. The maximum absolute atomic E-state index is 13.6. The molecule has 2 nitrogen and oxygen atoms in total. The Bertz CT molecular complexity index is 807. The molecular formula is C27H35FN2. The molecule has 2 aromatic rings. The van der Waals surface area contributed by atoms with Gasteiger partial charge in [0.05, 0.1) is 11.5 Å². The van der Waals surface area contributed by atoms with Crippen LogP contribution in [0.15, 0.2) is 54.6 Å². The molecule has 2 atom stereocenters. The molecule has 2 unspecified atom stereocenters. The Morgan fingerprint density at radius 3 is 2.33 bits per heavy atom. The van der Waals surface area contributed by atoms with Gasteiger partial charge in [-0.2, -0.15) is 5.26 Å². The molecule has 0 aliphatic heterocycles. The summed E-state index contributed by atoms with van der Waals surface area (Å²) >= 11 is 0. The maximum Gasteiger partial charge on any atom is 0.123 e. The van der Waals surface area contributed by atoms with Crippen molar-refractivity contribution in [1.29, 1.82) is 5.26 Å². The van der Waals surface area contributed by atoms with Crippen molar-refractivity contribution >= 4 is 0 Å². The monoisotopic (exact) mass is 406 g/mol. The summed E-state index contributed by atoms with van der Waals surface area (Å²) in [5, 5.41) is 10.3. The molecule has 0 bridgehead atoms. The molecule has 0 heterocycles. The zero-order valence-corrected chi connectivity index (χ0v) is 18.5. The van der Waals surface area contributed by atoms with Crippen molar-refractivity contribution in [2.75, 3.05) is 6.54 Å². The molecule has 160 valence electrons. The highest BCUT2D eigenvalue weighted by molar-refractivity contribution is 5.35. The number of hydrogen-bond donors (Lipinski definition) is 0. The van der Waals surface area contributed by atoms with Crippen LogP contribution in [0.25, 0.3) is 0 Å². The quantitative estimate of drug-likeness (QED) is 0.408. The van der Waals surface area contributed by atoms with E-state index in [2.05, 4.69) is 55.1 Å². The normalized spacial score (nSPS) is 17.2. The standard InChI is InChI=1S/C27H35FN2/c1-3-19-30(20-22-9-6-5-7-10-22)26(4-2)17-18-27(21-29,23-11-8-12-23)24-13-15-25(28)16-14-24/h5-7,9-10,13-16,23,26H,3-4,8,11-12,17-20H2,1-2H3. The molecular weight excluding hydrogens is 371 g/mol. The van der Waals surface area contributed by atoms with E-state index in [1.165, 1.54) is 24.1 Å². The first-order valence-electron chi connectivity index (χ1n) is 11.6. The summed E-state index contributed by atoms with van der Waals surface area (Å²) in [4.78, 5) is 2.59. The first kappa shape index (κ1) is 22.5. The second kappa shape index (κ2) is 10.7. The molecule has 1 aliphatic rings. The smallest absolute Gasteiger partial charge is 0.123 e. The minimum absolute atomic E-state index is 0.234. The summed E-state index contributed by atoms with van der Waals surface area (Å²) in [5.74, 6) is 0.154. The Kier molecular flexibility index (Phi) is 8.05. The zero-order chi connectivity index (χ0) is 21.4. The molecule has 1 saturated carbocycles. The van der Waals surface area contributed by atoms with E-state index in [-0.39, 0.29) is 5.82 Å². The van der Waals surface area contributed by atoms with Gasteiger partial charge in [0.2, 0.25) is 0 Å². The van der Waals surface area contributed by atoms with Crippen molar-refractivity contribution in [2.45, 2.75) is 76.8 Å². The van der Waals surface area contributed by atoms with Gasteiger partial charge in [-0.1, -0.05) is 62.7 Å². The van der Waals surface area contributed by atoms with Crippen LogP contribution in [0.1, 0.15) is 69.9 Å². The summed E-state index contributed by atoms with van der Waals surface area (Å²) in [6, 6.07) is 20.5. The highest BCUT2D eigenvalue weighted by atomic mass is 19.1. The molecule has 1 aliphatic carbocycles. The summed E-state index contributed by atoms with van der Waals surface area (Å²) < 4.78 is 13.6. The topological polar surface area (TPSA) is 27.0 Å². The van der Waals surface area contributed by atoms with Gasteiger partial charge >= 0.3 is 0 Å². The van der Waals surface area contributed by atoms with Crippen LogP contribution in [0.3, 0.4) is 0 Å². The number of benzene rings is 2. The molecule has 3 heteroatoms. The van der Waals surface area contributed by atoms with Crippen molar-refractivity contribution in [3.05, 3.63) is 71.5 Å². The van der Waals surface area contributed by atoms with E-state index >= 15 is 0 Å². The van der Waals surface area contributed by atoms with E-state index in [4.69, 9.17) is 0 Å². The lowest BCUT2D eigenvalue weighted by atomic mass is 9.60. The predicted octanol–water partition coefficient (Wildman–Crippen LogP) is 6.86. The molecule has 3 rings (SSSR count). The SMILES string of the molecule is CCCN(Cc1ccccc1)C(CC)CCC(C#N)(c1ccc(F)cc1)C1CCC1. The molecule has 0 saturated heterocycles. The molecule has 30 heavy (non-hydrogen) atoms. The van der Waals surface area contributed by atoms with E-state index in [1.807, 2.05) is 12.1 Å². The third-order valence-corrected chi connectivity index (χ3v) is 6.96. The maximum atomic E-state index is 13.6. The van der Waals surface area contributed by atoms with Gasteiger partial charge in [-0.05, 0) is 74.2 Å². The van der Waals surface area contributed by atoms with Crippen molar-refractivity contribution in [3.63, 3.8) is 0 Å². The van der Waals surface area contributed by atoms with Crippen LogP contribution in [0, 0.1) is 23.1 Å². The van der Waals surface area contributed by atoms with Gasteiger partial charge < -0.3 is 0 Å². The molecule has 0 spiro atoms. The van der Waals surface area contributed by atoms with E-state index in [1.54, 1.807) is 0 Å². The number of nitrogens with zero attached hydrogens (tertiary/aromatic N) is 2. The highest BCUT2D eigenvalue weighted by Gasteiger charge is 2.43. The highest BCUT2D eigenvalue weighted by Crippen LogP contribution is 2.47. The van der Waals surface area contributed by atoms with Crippen LogP contribution in [-0.2, 0) is 12.0 Å². The van der Waals surface area contributed by atoms with Gasteiger partial charge in [0.25, 0.3) is 0 Å². The number of halogens is 1. The van der Waals surface area contributed by atoms with Gasteiger partial charge in [-0.15, -0.1) is 0 Å².